The van der Waals surface area contributed by atoms with E-state index < -0.39 is 0 Å². The van der Waals surface area contributed by atoms with Crippen LogP contribution in [0.1, 0.15) is 54.0 Å². The summed E-state index contributed by atoms with van der Waals surface area (Å²) in [7, 11) is 0. The monoisotopic (exact) mass is 299 g/mol. The number of rotatable bonds is 4. The molecule has 0 aliphatic carbocycles. The minimum atomic E-state index is -0.313. The molecular formula is C15H17N5O2. The van der Waals surface area contributed by atoms with Gasteiger partial charge in [0.15, 0.2) is 0 Å². The third-order valence-electron chi connectivity index (χ3n) is 3.58. The van der Waals surface area contributed by atoms with Crippen LogP contribution in [0.4, 0.5) is 5.95 Å². The van der Waals surface area contributed by atoms with Gasteiger partial charge in [0.25, 0.3) is 5.91 Å². The molecule has 0 fully saturated rings. The summed E-state index contributed by atoms with van der Waals surface area (Å²) in [5, 5.41) is 12.2. The predicted molar refractivity (Wildman–Crippen MR) is 80.4 cm³/mol. The van der Waals surface area contributed by atoms with E-state index in [1.807, 2.05) is 32.0 Å². The van der Waals surface area contributed by atoms with Crippen LogP contribution in [0.15, 0.2) is 24.3 Å². The summed E-state index contributed by atoms with van der Waals surface area (Å²) in [5.41, 5.74) is 1.47. The standard InChI is InChI=1S/C15H17N5O2/c1-8(2)13-18-15(20-19-13)17-12(21)7-11-9-5-3-4-6-10(9)14(22)16-11/h3-6,8,11H,7H2,1-2H3,(H,16,22)(H2,17,18,19,20,21)/t11-/m1/s1. The summed E-state index contributed by atoms with van der Waals surface area (Å²) in [6.07, 6.45) is 0.147. The SMILES string of the molecule is CC(C)c1nc(NC(=O)C[C@H]2NC(=O)c3ccccc32)n[nH]1. The maximum atomic E-state index is 12.1. The minimum Gasteiger partial charge on any atom is -0.345 e. The number of aromatic nitrogens is 3. The molecule has 0 saturated heterocycles. The molecule has 0 bridgehead atoms. The topological polar surface area (TPSA) is 99.8 Å². The van der Waals surface area contributed by atoms with E-state index >= 15 is 0 Å². The molecule has 1 aromatic heterocycles. The average Bonchev–Trinajstić information content (AvgIpc) is 3.06. The second-order valence-corrected chi connectivity index (χ2v) is 5.56. The zero-order chi connectivity index (χ0) is 15.7. The Hall–Kier alpha value is -2.70. The van der Waals surface area contributed by atoms with Gasteiger partial charge in [0, 0.05) is 11.5 Å². The maximum Gasteiger partial charge on any atom is 0.252 e. The van der Waals surface area contributed by atoms with Crippen molar-refractivity contribution in [3.05, 3.63) is 41.2 Å². The van der Waals surface area contributed by atoms with Gasteiger partial charge in [-0.2, -0.15) is 4.98 Å². The van der Waals surface area contributed by atoms with Gasteiger partial charge < -0.3 is 5.32 Å². The summed E-state index contributed by atoms with van der Waals surface area (Å²) in [4.78, 5) is 28.1. The van der Waals surface area contributed by atoms with Gasteiger partial charge >= 0.3 is 0 Å². The summed E-state index contributed by atoms with van der Waals surface area (Å²) in [6.45, 7) is 3.97. The van der Waals surface area contributed by atoms with E-state index in [1.54, 1.807) is 6.07 Å². The molecule has 1 aromatic carbocycles. The van der Waals surface area contributed by atoms with Gasteiger partial charge in [0.05, 0.1) is 12.5 Å². The molecule has 0 unspecified atom stereocenters. The Labute approximate surface area is 127 Å². The number of nitrogens with zero attached hydrogens (tertiary/aromatic N) is 2. The number of H-pyrrole nitrogens is 1. The lowest BCUT2D eigenvalue weighted by atomic mass is 10.0. The van der Waals surface area contributed by atoms with Crippen molar-refractivity contribution in [1.82, 2.24) is 20.5 Å². The first-order valence-electron chi connectivity index (χ1n) is 7.16. The normalized spacial score (nSPS) is 16.5. The molecule has 7 nitrogen and oxygen atoms in total. The van der Waals surface area contributed by atoms with E-state index in [4.69, 9.17) is 0 Å². The quantitative estimate of drug-likeness (QED) is 0.800. The molecule has 0 saturated carbocycles. The zero-order valence-electron chi connectivity index (χ0n) is 12.4. The van der Waals surface area contributed by atoms with Crippen LogP contribution >= 0.6 is 0 Å². The third kappa shape index (κ3) is 2.69. The number of hydrogen-bond donors (Lipinski definition) is 3. The van der Waals surface area contributed by atoms with Crippen LogP contribution in [0.25, 0.3) is 0 Å². The highest BCUT2D eigenvalue weighted by Crippen LogP contribution is 2.27. The van der Waals surface area contributed by atoms with Gasteiger partial charge in [-0.15, -0.1) is 5.10 Å². The Balaban J connectivity index is 1.66. The van der Waals surface area contributed by atoms with Crippen molar-refractivity contribution < 1.29 is 9.59 Å². The van der Waals surface area contributed by atoms with Crippen LogP contribution in [0.2, 0.25) is 0 Å². The lowest BCUT2D eigenvalue weighted by Gasteiger charge is -2.10. The molecule has 1 atom stereocenters. The minimum absolute atomic E-state index is 0.145. The van der Waals surface area contributed by atoms with E-state index in [0.29, 0.717) is 5.56 Å². The van der Waals surface area contributed by atoms with Crippen molar-refractivity contribution in [2.24, 2.45) is 0 Å². The van der Waals surface area contributed by atoms with Crippen molar-refractivity contribution in [1.29, 1.82) is 0 Å². The summed E-state index contributed by atoms with van der Waals surface area (Å²) >= 11 is 0. The van der Waals surface area contributed by atoms with Crippen LogP contribution in [0.5, 0.6) is 0 Å². The van der Waals surface area contributed by atoms with Crippen LogP contribution < -0.4 is 10.6 Å². The van der Waals surface area contributed by atoms with Crippen molar-refractivity contribution in [2.75, 3.05) is 5.32 Å². The van der Waals surface area contributed by atoms with Crippen molar-refractivity contribution in [3.63, 3.8) is 0 Å². The molecule has 2 aromatic rings. The lowest BCUT2D eigenvalue weighted by molar-refractivity contribution is -0.116. The van der Waals surface area contributed by atoms with E-state index in [-0.39, 0.29) is 36.1 Å². The molecule has 1 aliphatic rings. The molecular weight excluding hydrogens is 282 g/mol. The Bertz CT molecular complexity index is 722. The van der Waals surface area contributed by atoms with Crippen molar-refractivity contribution in [2.45, 2.75) is 32.2 Å². The van der Waals surface area contributed by atoms with E-state index in [1.165, 1.54) is 0 Å². The van der Waals surface area contributed by atoms with Crippen LogP contribution in [0, 0.1) is 0 Å². The maximum absolute atomic E-state index is 12.1. The molecule has 3 rings (SSSR count). The second-order valence-electron chi connectivity index (χ2n) is 5.56. The zero-order valence-corrected chi connectivity index (χ0v) is 12.4. The first-order chi connectivity index (χ1) is 10.5. The Morgan fingerprint density at radius 1 is 1.36 bits per heavy atom. The number of fused-ring (bicyclic) bond motifs is 1. The van der Waals surface area contributed by atoms with E-state index in [0.717, 1.165) is 11.4 Å². The molecule has 7 heteroatoms. The molecule has 22 heavy (non-hydrogen) atoms. The Kier molecular flexibility index (Phi) is 3.62. The number of anilines is 1. The fourth-order valence-corrected chi connectivity index (χ4v) is 2.43. The Morgan fingerprint density at radius 3 is 2.86 bits per heavy atom. The average molecular weight is 299 g/mol. The largest absolute Gasteiger partial charge is 0.345 e. The van der Waals surface area contributed by atoms with Gasteiger partial charge in [-0.25, -0.2) is 0 Å². The highest BCUT2D eigenvalue weighted by atomic mass is 16.2. The summed E-state index contributed by atoms with van der Waals surface area (Å²) in [6, 6.07) is 6.96. The van der Waals surface area contributed by atoms with Gasteiger partial charge in [-0.05, 0) is 11.6 Å². The van der Waals surface area contributed by atoms with Crippen molar-refractivity contribution >= 4 is 17.8 Å². The number of benzene rings is 1. The molecule has 1 aliphatic heterocycles. The number of hydrogen-bond acceptors (Lipinski definition) is 4. The second kappa shape index (κ2) is 5.59. The lowest BCUT2D eigenvalue weighted by Crippen LogP contribution is -2.24. The first-order valence-corrected chi connectivity index (χ1v) is 7.16. The molecule has 2 heterocycles. The number of aromatic amines is 1. The highest BCUT2D eigenvalue weighted by molar-refractivity contribution is 6.00. The van der Waals surface area contributed by atoms with Crippen LogP contribution in [0.3, 0.4) is 0 Å². The van der Waals surface area contributed by atoms with Crippen LogP contribution in [-0.2, 0) is 4.79 Å². The van der Waals surface area contributed by atoms with Gasteiger partial charge in [0.1, 0.15) is 5.82 Å². The smallest absolute Gasteiger partial charge is 0.252 e. The molecule has 3 N–H and O–H groups in total. The number of carbonyl (C=O) groups excluding carboxylic acids is 2. The fraction of sp³-hybridized carbons (Fsp3) is 0.333. The number of amides is 2. The van der Waals surface area contributed by atoms with Crippen LogP contribution in [-0.4, -0.2) is 27.0 Å². The van der Waals surface area contributed by atoms with Gasteiger partial charge in [-0.3, -0.25) is 20.0 Å². The summed E-state index contributed by atoms with van der Waals surface area (Å²) in [5.74, 6) is 0.796. The summed E-state index contributed by atoms with van der Waals surface area (Å²) < 4.78 is 0. The van der Waals surface area contributed by atoms with Gasteiger partial charge in [0.2, 0.25) is 11.9 Å². The molecule has 2 amide bonds. The van der Waals surface area contributed by atoms with Crippen molar-refractivity contribution in [3.8, 4) is 0 Å². The number of nitrogens with one attached hydrogen (secondary N) is 3. The fourth-order valence-electron chi connectivity index (χ4n) is 2.43. The van der Waals surface area contributed by atoms with E-state index in [2.05, 4.69) is 25.8 Å². The third-order valence-corrected chi connectivity index (χ3v) is 3.58. The van der Waals surface area contributed by atoms with E-state index in [9.17, 15) is 9.59 Å². The molecule has 114 valence electrons. The molecule has 0 radical (unpaired) electrons. The number of carbonyl (C=O) groups is 2. The highest BCUT2D eigenvalue weighted by Gasteiger charge is 2.29. The Morgan fingerprint density at radius 2 is 2.14 bits per heavy atom. The van der Waals surface area contributed by atoms with Gasteiger partial charge in [-0.1, -0.05) is 32.0 Å². The predicted octanol–water partition coefficient (Wildman–Crippen LogP) is 1.74. The first kappa shape index (κ1) is 14.2. The molecule has 0 spiro atoms.